The average Bonchev–Trinajstić information content (AvgIpc) is 2.53. The Balaban J connectivity index is 5.26. The van der Waals surface area contributed by atoms with Crippen molar-refractivity contribution in [3.05, 3.63) is 12.4 Å². The first-order valence-corrected chi connectivity index (χ1v) is 9.15. The maximum absolute atomic E-state index is 12.7. The molecule has 0 aromatic rings. The number of nitrogens with one attached hydrogen (secondary N) is 4. The highest BCUT2D eigenvalue weighted by molar-refractivity contribution is 5.95. The van der Waals surface area contributed by atoms with Gasteiger partial charge in [-0.3, -0.25) is 19.2 Å². The van der Waals surface area contributed by atoms with Crippen LogP contribution in [0.4, 0.5) is 0 Å². The Labute approximate surface area is 166 Å². The van der Waals surface area contributed by atoms with Gasteiger partial charge in [0, 0.05) is 13.5 Å². The molecule has 0 saturated carbocycles. The van der Waals surface area contributed by atoms with Crippen molar-refractivity contribution in [1.82, 2.24) is 21.3 Å². The fourth-order valence-electron chi connectivity index (χ4n) is 2.30. The third-order valence-electron chi connectivity index (χ3n) is 4.01. The summed E-state index contributed by atoms with van der Waals surface area (Å²) in [7, 11) is 0. The van der Waals surface area contributed by atoms with Crippen molar-refractivity contribution < 1.29 is 19.2 Å². The van der Waals surface area contributed by atoms with Crippen LogP contribution in [0, 0.1) is 5.92 Å². The van der Waals surface area contributed by atoms with E-state index in [4.69, 9.17) is 11.5 Å². The van der Waals surface area contributed by atoms with Gasteiger partial charge in [-0.05, 0) is 32.6 Å². The van der Waals surface area contributed by atoms with Crippen molar-refractivity contribution in [1.29, 1.82) is 0 Å². The summed E-state index contributed by atoms with van der Waals surface area (Å²) in [4.78, 5) is 48.2. The lowest BCUT2D eigenvalue weighted by molar-refractivity contribution is -0.135. The number of carbonyl (C=O) groups is 4. The molecular weight excluding hydrogens is 364 g/mol. The zero-order chi connectivity index (χ0) is 22.1. The highest BCUT2D eigenvalue weighted by Gasteiger charge is 2.32. The minimum Gasteiger partial charge on any atom is -0.386 e. The van der Waals surface area contributed by atoms with Crippen molar-refractivity contribution in [3.8, 4) is 0 Å². The van der Waals surface area contributed by atoms with Crippen molar-refractivity contribution in [2.75, 3.05) is 6.54 Å². The fourth-order valence-corrected chi connectivity index (χ4v) is 2.30. The minimum atomic E-state index is -1.28. The van der Waals surface area contributed by atoms with Crippen molar-refractivity contribution in [2.45, 2.75) is 65.1 Å². The Morgan fingerprint density at radius 3 is 2.04 bits per heavy atom. The molecule has 0 unspecified atom stereocenters. The minimum absolute atomic E-state index is 0.183. The second-order valence-electron chi connectivity index (χ2n) is 7.56. The molecule has 0 aromatic heterocycles. The fraction of sp³-hybridized carbons (Fsp3) is 0.667. The second kappa shape index (κ2) is 11.2. The van der Waals surface area contributed by atoms with E-state index >= 15 is 0 Å². The zero-order valence-corrected chi connectivity index (χ0v) is 17.3. The highest BCUT2D eigenvalue weighted by atomic mass is 16.2. The molecule has 28 heavy (non-hydrogen) atoms. The molecule has 8 N–H and O–H groups in total. The van der Waals surface area contributed by atoms with Gasteiger partial charge in [0.1, 0.15) is 17.6 Å². The van der Waals surface area contributed by atoms with E-state index in [0.717, 1.165) is 0 Å². The number of rotatable bonds is 12. The average molecular weight is 399 g/mol. The zero-order valence-electron chi connectivity index (χ0n) is 17.3. The van der Waals surface area contributed by atoms with Crippen LogP contribution >= 0.6 is 0 Å². The summed E-state index contributed by atoms with van der Waals surface area (Å²) in [5, 5.41) is 10.6. The maximum Gasteiger partial charge on any atom is 0.243 e. The number of primary amides is 1. The van der Waals surface area contributed by atoms with Crippen LogP contribution in [-0.2, 0) is 19.2 Å². The van der Waals surface area contributed by atoms with Crippen LogP contribution < -0.4 is 32.7 Å². The van der Waals surface area contributed by atoms with E-state index in [1.807, 2.05) is 0 Å². The summed E-state index contributed by atoms with van der Waals surface area (Å²) in [6, 6.07) is -1.71. The Hall–Kier alpha value is -2.78. The molecule has 0 fully saturated rings. The second-order valence-corrected chi connectivity index (χ2v) is 7.56. The predicted molar refractivity (Wildman–Crippen MR) is 106 cm³/mol. The smallest absolute Gasteiger partial charge is 0.243 e. The molecule has 4 amide bonds. The lowest BCUT2D eigenvalue weighted by Crippen LogP contribution is -2.60. The van der Waals surface area contributed by atoms with Crippen LogP contribution in [-0.4, -0.2) is 47.8 Å². The van der Waals surface area contributed by atoms with Crippen LogP contribution in [0.1, 0.15) is 47.5 Å². The quantitative estimate of drug-likeness (QED) is 0.226. The van der Waals surface area contributed by atoms with Crippen LogP contribution in [0.15, 0.2) is 12.4 Å². The maximum atomic E-state index is 12.7. The van der Waals surface area contributed by atoms with Crippen LogP contribution in [0.25, 0.3) is 0 Å². The molecule has 10 nitrogen and oxygen atoms in total. The van der Waals surface area contributed by atoms with E-state index in [1.165, 1.54) is 20.8 Å². The number of hydrogen-bond acceptors (Lipinski definition) is 6. The molecule has 0 spiro atoms. The van der Waals surface area contributed by atoms with E-state index in [2.05, 4.69) is 27.8 Å². The van der Waals surface area contributed by atoms with Crippen LogP contribution in [0.5, 0.6) is 0 Å². The molecule has 0 aliphatic carbocycles. The highest BCUT2D eigenvalue weighted by Crippen LogP contribution is 2.07. The number of hydrogen-bond donors (Lipinski definition) is 6. The standard InChI is InChI=1S/C18H34N6O4/c1-10(2)14(22-12(4)25)16(27)23-13(8-7-9-21-11(3)19)15(26)24-18(5,6)17(20)28/h10,13-14,21H,3,7-9,19H2,1-2,4-6H3,(H2,20,28)(H,22,25)(H,23,27)(H,24,26)/t13-,14-/m0/s1. The molecule has 0 aromatic carbocycles. The molecule has 160 valence electrons. The largest absolute Gasteiger partial charge is 0.386 e. The van der Waals surface area contributed by atoms with Crippen molar-refractivity contribution >= 4 is 23.6 Å². The summed E-state index contributed by atoms with van der Waals surface area (Å²) in [5.74, 6) is -1.98. The van der Waals surface area contributed by atoms with Crippen LogP contribution in [0.3, 0.4) is 0 Å². The SMILES string of the molecule is C=C(N)NCCC[C@H](NC(=O)[C@@H](NC(C)=O)C(C)C)C(=O)NC(C)(C)C(N)=O. The molecular formula is C18H34N6O4. The van der Waals surface area contributed by atoms with Gasteiger partial charge in [-0.2, -0.15) is 0 Å². The predicted octanol–water partition coefficient (Wildman–Crippen LogP) is -1.19. The molecule has 0 saturated heterocycles. The first kappa shape index (κ1) is 25.2. The van der Waals surface area contributed by atoms with Gasteiger partial charge in [-0.25, -0.2) is 0 Å². The Morgan fingerprint density at radius 2 is 1.61 bits per heavy atom. The monoisotopic (exact) mass is 398 g/mol. The van der Waals surface area contributed by atoms with Crippen molar-refractivity contribution in [3.63, 3.8) is 0 Å². The van der Waals surface area contributed by atoms with Gasteiger partial charge in [-0.1, -0.05) is 20.4 Å². The van der Waals surface area contributed by atoms with E-state index < -0.39 is 35.3 Å². The van der Waals surface area contributed by atoms with Gasteiger partial charge in [0.15, 0.2) is 0 Å². The molecule has 0 aliphatic rings. The Kier molecular flexibility index (Phi) is 10.0. The third kappa shape index (κ3) is 9.24. The van der Waals surface area contributed by atoms with Crippen LogP contribution in [0.2, 0.25) is 0 Å². The number of amides is 4. The Morgan fingerprint density at radius 1 is 1.04 bits per heavy atom. The lowest BCUT2D eigenvalue weighted by atomic mass is 10.0. The van der Waals surface area contributed by atoms with Gasteiger partial charge >= 0.3 is 0 Å². The van der Waals surface area contributed by atoms with E-state index in [1.54, 1.807) is 13.8 Å². The number of nitrogens with two attached hydrogens (primary N) is 2. The topological polar surface area (TPSA) is 168 Å². The van der Waals surface area contributed by atoms with E-state index in [0.29, 0.717) is 18.8 Å². The van der Waals surface area contributed by atoms with Gasteiger partial charge in [-0.15, -0.1) is 0 Å². The molecule has 0 heterocycles. The molecule has 10 heteroatoms. The van der Waals surface area contributed by atoms with Gasteiger partial charge in [0.05, 0.1) is 5.82 Å². The van der Waals surface area contributed by atoms with Gasteiger partial charge in [0.2, 0.25) is 23.6 Å². The first-order chi connectivity index (χ1) is 12.8. The molecule has 0 radical (unpaired) electrons. The summed E-state index contributed by atoms with van der Waals surface area (Å²) in [6.07, 6.45) is 0.773. The molecule has 2 atom stereocenters. The molecule has 0 rings (SSSR count). The molecule has 0 bridgehead atoms. The molecule has 0 aliphatic heterocycles. The normalized spacial score (nSPS) is 13.2. The first-order valence-electron chi connectivity index (χ1n) is 9.15. The van der Waals surface area contributed by atoms with Gasteiger partial charge in [0.25, 0.3) is 0 Å². The number of carbonyl (C=O) groups excluding carboxylic acids is 4. The van der Waals surface area contributed by atoms with Gasteiger partial charge < -0.3 is 32.7 Å². The summed E-state index contributed by atoms with van der Waals surface area (Å²) in [6.45, 7) is 11.8. The lowest BCUT2D eigenvalue weighted by Gasteiger charge is -2.28. The summed E-state index contributed by atoms with van der Waals surface area (Å²) < 4.78 is 0. The summed E-state index contributed by atoms with van der Waals surface area (Å²) >= 11 is 0. The van der Waals surface area contributed by atoms with E-state index in [9.17, 15) is 19.2 Å². The summed E-state index contributed by atoms with van der Waals surface area (Å²) in [5.41, 5.74) is 9.46. The third-order valence-corrected chi connectivity index (χ3v) is 4.01. The van der Waals surface area contributed by atoms with Crippen molar-refractivity contribution in [2.24, 2.45) is 17.4 Å². The van der Waals surface area contributed by atoms with E-state index in [-0.39, 0.29) is 18.2 Å². The Bertz CT molecular complexity index is 603.